The van der Waals surface area contributed by atoms with Gasteiger partial charge in [0, 0.05) is 31.9 Å². The van der Waals surface area contributed by atoms with E-state index in [0.29, 0.717) is 5.56 Å². The van der Waals surface area contributed by atoms with Crippen LogP contribution in [0.3, 0.4) is 0 Å². The van der Waals surface area contributed by atoms with E-state index in [4.69, 9.17) is 0 Å². The summed E-state index contributed by atoms with van der Waals surface area (Å²) in [6.07, 6.45) is 2.66. The molecule has 0 aliphatic rings. The second-order valence-corrected chi connectivity index (χ2v) is 6.05. The summed E-state index contributed by atoms with van der Waals surface area (Å²) < 4.78 is 0. The number of nitrogens with one attached hydrogen (secondary N) is 1. The quantitative estimate of drug-likeness (QED) is 0.780. The summed E-state index contributed by atoms with van der Waals surface area (Å²) >= 11 is 1.90. The normalized spacial score (nSPS) is 12.0. The van der Waals surface area contributed by atoms with Crippen molar-refractivity contribution in [2.24, 2.45) is 0 Å². The molecule has 1 heterocycles. The fourth-order valence-corrected chi connectivity index (χ4v) is 2.40. The van der Waals surface area contributed by atoms with Gasteiger partial charge in [-0.3, -0.25) is 4.79 Å². The highest BCUT2D eigenvalue weighted by Gasteiger charge is 2.11. The lowest BCUT2D eigenvalue weighted by Gasteiger charge is -2.15. The van der Waals surface area contributed by atoms with Gasteiger partial charge in [-0.05, 0) is 37.0 Å². The first-order valence-corrected chi connectivity index (χ1v) is 7.72. The van der Waals surface area contributed by atoms with Gasteiger partial charge in [0.25, 0.3) is 5.91 Å². The van der Waals surface area contributed by atoms with Gasteiger partial charge in [0.1, 0.15) is 5.82 Å². The van der Waals surface area contributed by atoms with Crippen molar-refractivity contribution in [1.29, 1.82) is 0 Å². The van der Waals surface area contributed by atoms with Crippen LogP contribution in [0.2, 0.25) is 0 Å². The summed E-state index contributed by atoms with van der Waals surface area (Å²) in [5.74, 6) is 2.97. The van der Waals surface area contributed by atoms with Crippen LogP contribution in [0.15, 0.2) is 18.3 Å². The second-order valence-electron chi connectivity index (χ2n) is 4.66. The zero-order valence-corrected chi connectivity index (χ0v) is 13.0. The molecule has 0 spiro atoms. The SMILES string of the molecule is CCSCC[C@@H](C)NC(=O)c1ccnc(N(C)C)c1. The van der Waals surface area contributed by atoms with Crippen molar-refractivity contribution in [3.05, 3.63) is 23.9 Å². The van der Waals surface area contributed by atoms with Crippen molar-refractivity contribution in [1.82, 2.24) is 10.3 Å². The van der Waals surface area contributed by atoms with Gasteiger partial charge in [-0.25, -0.2) is 4.98 Å². The van der Waals surface area contributed by atoms with Crippen LogP contribution < -0.4 is 10.2 Å². The Bertz CT molecular complexity index is 409. The minimum absolute atomic E-state index is 0.0282. The van der Waals surface area contributed by atoms with E-state index in [2.05, 4.69) is 17.2 Å². The minimum Gasteiger partial charge on any atom is -0.363 e. The summed E-state index contributed by atoms with van der Waals surface area (Å²) in [5, 5.41) is 3.02. The van der Waals surface area contributed by atoms with Gasteiger partial charge in [0.15, 0.2) is 0 Å². The summed E-state index contributed by atoms with van der Waals surface area (Å²) in [7, 11) is 3.82. The molecule has 0 radical (unpaired) electrons. The van der Waals surface area contributed by atoms with Crippen molar-refractivity contribution in [3.8, 4) is 0 Å². The molecule has 1 N–H and O–H groups in total. The van der Waals surface area contributed by atoms with E-state index in [1.165, 1.54) is 0 Å². The highest BCUT2D eigenvalue weighted by molar-refractivity contribution is 7.99. The second kappa shape index (κ2) is 8.04. The number of hydrogen-bond acceptors (Lipinski definition) is 4. The lowest BCUT2D eigenvalue weighted by atomic mass is 10.2. The highest BCUT2D eigenvalue weighted by Crippen LogP contribution is 2.10. The van der Waals surface area contributed by atoms with Crippen LogP contribution in [0.1, 0.15) is 30.6 Å². The first-order valence-electron chi connectivity index (χ1n) is 6.56. The van der Waals surface area contributed by atoms with Gasteiger partial charge in [-0.2, -0.15) is 11.8 Å². The van der Waals surface area contributed by atoms with Gasteiger partial charge in [0.05, 0.1) is 0 Å². The molecule has 1 aromatic rings. The van der Waals surface area contributed by atoms with Crippen LogP contribution in [-0.2, 0) is 0 Å². The highest BCUT2D eigenvalue weighted by atomic mass is 32.2. The molecule has 0 saturated carbocycles. The van der Waals surface area contributed by atoms with Gasteiger partial charge in [-0.15, -0.1) is 0 Å². The van der Waals surface area contributed by atoms with Crippen LogP contribution >= 0.6 is 11.8 Å². The van der Waals surface area contributed by atoms with Crippen molar-refractivity contribution in [3.63, 3.8) is 0 Å². The number of aromatic nitrogens is 1. The molecule has 1 atom stereocenters. The predicted molar refractivity (Wildman–Crippen MR) is 83.1 cm³/mol. The van der Waals surface area contributed by atoms with E-state index in [-0.39, 0.29) is 11.9 Å². The maximum absolute atomic E-state index is 12.1. The molecule has 0 aliphatic heterocycles. The Morgan fingerprint density at radius 2 is 2.26 bits per heavy atom. The number of pyridine rings is 1. The van der Waals surface area contributed by atoms with E-state index < -0.39 is 0 Å². The molecule has 5 heteroatoms. The van der Waals surface area contributed by atoms with Crippen LogP contribution in [0.4, 0.5) is 5.82 Å². The first-order chi connectivity index (χ1) is 9.04. The molecule has 0 aliphatic carbocycles. The number of carbonyl (C=O) groups is 1. The molecular formula is C14H23N3OS. The lowest BCUT2D eigenvalue weighted by molar-refractivity contribution is 0.0939. The molecule has 0 unspecified atom stereocenters. The maximum Gasteiger partial charge on any atom is 0.251 e. The number of amides is 1. The van der Waals surface area contributed by atoms with Crippen LogP contribution in [0.25, 0.3) is 0 Å². The molecular weight excluding hydrogens is 258 g/mol. The lowest BCUT2D eigenvalue weighted by Crippen LogP contribution is -2.33. The minimum atomic E-state index is -0.0282. The van der Waals surface area contributed by atoms with Crippen molar-refractivity contribution in [2.75, 3.05) is 30.5 Å². The van der Waals surface area contributed by atoms with Gasteiger partial charge >= 0.3 is 0 Å². The molecule has 1 amide bonds. The molecule has 0 aromatic carbocycles. The van der Waals surface area contributed by atoms with Gasteiger partial charge in [0.2, 0.25) is 0 Å². The first kappa shape index (κ1) is 15.8. The smallest absolute Gasteiger partial charge is 0.251 e. The Balaban J connectivity index is 2.55. The summed E-state index contributed by atoms with van der Waals surface area (Å²) in [6, 6.07) is 3.75. The van der Waals surface area contributed by atoms with Crippen molar-refractivity contribution < 1.29 is 4.79 Å². The third kappa shape index (κ3) is 5.51. The summed E-state index contributed by atoms with van der Waals surface area (Å²) in [4.78, 5) is 18.2. The fraction of sp³-hybridized carbons (Fsp3) is 0.571. The third-order valence-electron chi connectivity index (χ3n) is 2.74. The van der Waals surface area contributed by atoms with Crippen LogP contribution in [0.5, 0.6) is 0 Å². The predicted octanol–water partition coefficient (Wildman–Crippen LogP) is 2.41. The molecule has 19 heavy (non-hydrogen) atoms. The van der Waals surface area contributed by atoms with Crippen molar-refractivity contribution >= 4 is 23.5 Å². The monoisotopic (exact) mass is 281 g/mol. The average Bonchev–Trinajstić information content (AvgIpc) is 2.39. The molecule has 106 valence electrons. The summed E-state index contributed by atoms with van der Waals surface area (Å²) in [5.41, 5.74) is 0.661. The topological polar surface area (TPSA) is 45.2 Å². The van der Waals surface area contributed by atoms with Crippen LogP contribution in [-0.4, -0.2) is 42.5 Å². The van der Waals surface area contributed by atoms with Gasteiger partial charge < -0.3 is 10.2 Å². The molecule has 1 rings (SSSR count). The molecule has 1 aromatic heterocycles. The average molecular weight is 281 g/mol. The van der Waals surface area contributed by atoms with E-state index in [0.717, 1.165) is 23.7 Å². The Labute approximate surface area is 120 Å². The Morgan fingerprint density at radius 3 is 2.89 bits per heavy atom. The molecule has 0 saturated heterocycles. The van der Waals surface area contributed by atoms with E-state index in [1.807, 2.05) is 43.7 Å². The number of thioether (sulfide) groups is 1. The molecule has 0 bridgehead atoms. The largest absolute Gasteiger partial charge is 0.363 e. The number of anilines is 1. The fourth-order valence-electron chi connectivity index (χ4n) is 1.59. The Hall–Kier alpha value is -1.23. The Morgan fingerprint density at radius 1 is 1.53 bits per heavy atom. The van der Waals surface area contributed by atoms with E-state index >= 15 is 0 Å². The molecule has 0 fully saturated rings. The number of nitrogens with zero attached hydrogens (tertiary/aromatic N) is 2. The standard InChI is InChI=1S/C14H23N3OS/c1-5-19-9-7-11(2)16-14(18)12-6-8-15-13(10-12)17(3)4/h6,8,10-11H,5,7,9H2,1-4H3,(H,16,18)/t11-/m1/s1. The third-order valence-corrected chi connectivity index (χ3v) is 3.68. The zero-order valence-electron chi connectivity index (χ0n) is 12.1. The summed E-state index contributed by atoms with van der Waals surface area (Å²) in [6.45, 7) is 4.19. The number of carbonyl (C=O) groups excluding carboxylic acids is 1. The number of hydrogen-bond donors (Lipinski definition) is 1. The maximum atomic E-state index is 12.1. The van der Waals surface area contributed by atoms with Crippen molar-refractivity contribution in [2.45, 2.75) is 26.3 Å². The molecule has 4 nitrogen and oxygen atoms in total. The van der Waals surface area contributed by atoms with Crippen LogP contribution in [0, 0.1) is 0 Å². The van der Waals surface area contributed by atoms with Gasteiger partial charge in [-0.1, -0.05) is 6.92 Å². The van der Waals surface area contributed by atoms with E-state index in [1.54, 1.807) is 12.3 Å². The Kier molecular flexibility index (Phi) is 6.70. The van der Waals surface area contributed by atoms with E-state index in [9.17, 15) is 4.79 Å². The number of rotatable bonds is 7. The zero-order chi connectivity index (χ0) is 14.3.